The molecule has 0 aliphatic carbocycles. The van der Waals surface area contributed by atoms with E-state index in [0.717, 1.165) is 30.5 Å². The molecule has 0 spiro atoms. The Morgan fingerprint density at radius 3 is 2.78 bits per heavy atom. The molecule has 0 radical (unpaired) electrons. The smallest absolute Gasteiger partial charge is 0.105 e. The van der Waals surface area contributed by atoms with E-state index in [0.29, 0.717) is 12.0 Å². The predicted octanol–water partition coefficient (Wildman–Crippen LogP) is 2.87. The molecule has 0 saturated carbocycles. The zero-order chi connectivity index (χ0) is 13.3. The average molecular weight is 250 g/mol. The molecule has 3 unspecified atom stereocenters. The van der Waals surface area contributed by atoms with Crippen molar-refractivity contribution < 1.29 is 4.42 Å². The summed E-state index contributed by atoms with van der Waals surface area (Å²) in [6, 6.07) is 2.61. The Balaban J connectivity index is 2.10. The second kappa shape index (κ2) is 5.45. The first-order chi connectivity index (χ1) is 8.52. The molecule has 1 aliphatic rings. The molecule has 3 atom stereocenters. The molecule has 18 heavy (non-hydrogen) atoms. The molecule has 1 aromatic rings. The van der Waals surface area contributed by atoms with Gasteiger partial charge in [-0.2, -0.15) is 0 Å². The number of nitrogens with two attached hydrogens (primary N) is 1. The van der Waals surface area contributed by atoms with Crippen LogP contribution in [0.15, 0.2) is 10.5 Å². The van der Waals surface area contributed by atoms with Crippen LogP contribution in [0.4, 0.5) is 0 Å². The summed E-state index contributed by atoms with van der Waals surface area (Å²) in [5.41, 5.74) is 7.21. The normalized spacial score (nSPS) is 27.4. The predicted molar refractivity (Wildman–Crippen MR) is 74.5 cm³/mol. The summed E-state index contributed by atoms with van der Waals surface area (Å²) in [6.45, 7) is 11.8. The quantitative estimate of drug-likeness (QED) is 0.897. The van der Waals surface area contributed by atoms with Crippen LogP contribution < -0.4 is 5.73 Å². The van der Waals surface area contributed by atoms with Crippen LogP contribution in [-0.2, 0) is 0 Å². The molecule has 0 amide bonds. The third kappa shape index (κ3) is 2.62. The average Bonchev–Trinajstić information content (AvgIpc) is 2.68. The number of aryl methyl sites for hydroxylation is 2. The molecule has 102 valence electrons. The molecular weight excluding hydrogens is 224 g/mol. The minimum absolute atomic E-state index is 0.434. The summed E-state index contributed by atoms with van der Waals surface area (Å²) in [6.07, 6.45) is 1.25. The van der Waals surface area contributed by atoms with Crippen molar-refractivity contribution in [1.82, 2.24) is 4.90 Å². The van der Waals surface area contributed by atoms with E-state index in [2.05, 4.69) is 31.7 Å². The van der Waals surface area contributed by atoms with Crippen LogP contribution in [-0.4, -0.2) is 24.5 Å². The molecule has 0 aromatic carbocycles. The Kier molecular flexibility index (Phi) is 4.13. The molecule has 2 heterocycles. The van der Waals surface area contributed by atoms with Crippen molar-refractivity contribution in [2.24, 2.45) is 17.6 Å². The van der Waals surface area contributed by atoms with Crippen molar-refractivity contribution in [2.75, 3.05) is 19.6 Å². The van der Waals surface area contributed by atoms with E-state index >= 15 is 0 Å². The van der Waals surface area contributed by atoms with Crippen LogP contribution in [0.5, 0.6) is 0 Å². The molecule has 1 aromatic heterocycles. The van der Waals surface area contributed by atoms with Gasteiger partial charge in [0.1, 0.15) is 11.5 Å². The second-order valence-corrected chi connectivity index (χ2v) is 5.80. The maximum Gasteiger partial charge on any atom is 0.105 e. The van der Waals surface area contributed by atoms with Gasteiger partial charge in [-0.05, 0) is 58.2 Å². The first-order valence-corrected chi connectivity index (χ1v) is 7.04. The van der Waals surface area contributed by atoms with Crippen LogP contribution in [0.3, 0.4) is 0 Å². The van der Waals surface area contributed by atoms with E-state index in [1.807, 2.05) is 6.92 Å². The lowest BCUT2D eigenvalue weighted by molar-refractivity contribution is 0.0972. The molecule has 0 bridgehead atoms. The molecule has 1 aliphatic heterocycles. The van der Waals surface area contributed by atoms with Gasteiger partial charge in [0.05, 0.1) is 0 Å². The van der Waals surface area contributed by atoms with Crippen molar-refractivity contribution in [3.63, 3.8) is 0 Å². The van der Waals surface area contributed by atoms with Crippen LogP contribution in [0, 0.1) is 25.7 Å². The molecule has 3 nitrogen and oxygen atoms in total. The van der Waals surface area contributed by atoms with Gasteiger partial charge in [0.2, 0.25) is 0 Å². The summed E-state index contributed by atoms with van der Waals surface area (Å²) < 4.78 is 5.65. The number of likely N-dealkylation sites (tertiary alicyclic amines) is 1. The van der Waals surface area contributed by atoms with E-state index in [1.54, 1.807) is 0 Å². The maximum atomic E-state index is 5.88. The fourth-order valence-corrected chi connectivity index (χ4v) is 3.10. The largest absolute Gasteiger partial charge is 0.466 e. The van der Waals surface area contributed by atoms with Crippen molar-refractivity contribution in [2.45, 2.75) is 40.2 Å². The SMILES string of the molecule is Cc1cc(C(C)N2CCC(C)C(CN)C2)c(C)o1. The van der Waals surface area contributed by atoms with Crippen LogP contribution in [0.25, 0.3) is 0 Å². The van der Waals surface area contributed by atoms with Gasteiger partial charge in [-0.15, -0.1) is 0 Å². The zero-order valence-electron chi connectivity index (χ0n) is 12.1. The number of hydrogen-bond acceptors (Lipinski definition) is 3. The van der Waals surface area contributed by atoms with Crippen molar-refractivity contribution in [1.29, 1.82) is 0 Å². The summed E-state index contributed by atoms with van der Waals surface area (Å²) >= 11 is 0. The lowest BCUT2D eigenvalue weighted by atomic mass is 9.86. The topological polar surface area (TPSA) is 42.4 Å². The number of piperidine rings is 1. The minimum Gasteiger partial charge on any atom is -0.466 e. The number of furan rings is 1. The molecule has 2 rings (SSSR count). The van der Waals surface area contributed by atoms with Gasteiger partial charge >= 0.3 is 0 Å². The monoisotopic (exact) mass is 250 g/mol. The summed E-state index contributed by atoms with van der Waals surface area (Å²) in [5, 5.41) is 0. The summed E-state index contributed by atoms with van der Waals surface area (Å²) in [7, 11) is 0. The van der Waals surface area contributed by atoms with Crippen LogP contribution in [0.2, 0.25) is 0 Å². The Hall–Kier alpha value is -0.800. The Morgan fingerprint density at radius 1 is 1.50 bits per heavy atom. The van der Waals surface area contributed by atoms with Gasteiger partial charge in [-0.25, -0.2) is 0 Å². The standard InChI is InChI=1S/C15H26N2O/c1-10-5-6-17(9-14(10)8-16)12(3)15-7-11(2)18-13(15)4/h7,10,12,14H,5-6,8-9,16H2,1-4H3. The lowest BCUT2D eigenvalue weighted by Gasteiger charge is -2.39. The van der Waals surface area contributed by atoms with Gasteiger partial charge in [-0.3, -0.25) is 4.90 Å². The fraction of sp³-hybridized carbons (Fsp3) is 0.733. The highest BCUT2D eigenvalue weighted by Crippen LogP contribution is 2.31. The first-order valence-electron chi connectivity index (χ1n) is 7.04. The van der Waals surface area contributed by atoms with E-state index < -0.39 is 0 Å². The van der Waals surface area contributed by atoms with E-state index in [-0.39, 0.29) is 0 Å². The van der Waals surface area contributed by atoms with Crippen LogP contribution >= 0.6 is 0 Å². The molecule has 3 heteroatoms. The van der Waals surface area contributed by atoms with Gasteiger partial charge in [0, 0.05) is 18.2 Å². The van der Waals surface area contributed by atoms with Crippen molar-refractivity contribution in [3.05, 3.63) is 23.2 Å². The zero-order valence-corrected chi connectivity index (χ0v) is 12.1. The molecule has 1 saturated heterocycles. The lowest BCUT2D eigenvalue weighted by Crippen LogP contribution is -2.43. The second-order valence-electron chi connectivity index (χ2n) is 5.80. The van der Waals surface area contributed by atoms with Gasteiger partial charge in [0.15, 0.2) is 0 Å². The maximum absolute atomic E-state index is 5.88. The third-order valence-electron chi connectivity index (χ3n) is 4.53. The van der Waals surface area contributed by atoms with E-state index in [9.17, 15) is 0 Å². The van der Waals surface area contributed by atoms with E-state index in [1.165, 1.54) is 18.5 Å². The fourth-order valence-electron chi connectivity index (χ4n) is 3.10. The Labute approximate surface area is 110 Å². The third-order valence-corrected chi connectivity index (χ3v) is 4.53. The van der Waals surface area contributed by atoms with E-state index in [4.69, 9.17) is 10.2 Å². The molecule has 1 fully saturated rings. The van der Waals surface area contributed by atoms with Crippen molar-refractivity contribution >= 4 is 0 Å². The Morgan fingerprint density at radius 2 is 2.22 bits per heavy atom. The highest BCUT2D eigenvalue weighted by molar-refractivity contribution is 5.23. The van der Waals surface area contributed by atoms with Crippen molar-refractivity contribution in [3.8, 4) is 0 Å². The highest BCUT2D eigenvalue weighted by Gasteiger charge is 2.29. The summed E-state index contributed by atoms with van der Waals surface area (Å²) in [5.74, 6) is 3.46. The van der Waals surface area contributed by atoms with Gasteiger partial charge in [0.25, 0.3) is 0 Å². The number of hydrogen-bond donors (Lipinski definition) is 1. The summed E-state index contributed by atoms with van der Waals surface area (Å²) in [4.78, 5) is 2.55. The van der Waals surface area contributed by atoms with Gasteiger partial charge < -0.3 is 10.2 Å². The Bertz CT molecular complexity index is 399. The number of rotatable bonds is 3. The highest BCUT2D eigenvalue weighted by atomic mass is 16.3. The minimum atomic E-state index is 0.434. The number of nitrogens with zero attached hydrogens (tertiary/aromatic N) is 1. The first kappa shape index (κ1) is 13.6. The van der Waals surface area contributed by atoms with Gasteiger partial charge in [-0.1, -0.05) is 6.92 Å². The molecular formula is C15H26N2O. The van der Waals surface area contributed by atoms with Crippen LogP contribution in [0.1, 0.15) is 43.4 Å². The molecule has 2 N–H and O–H groups in total.